The van der Waals surface area contributed by atoms with Gasteiger partial charge in [0.15, 0.2) is 5.75 Å². The first-order valence-corrected chi connectivity index (χ1v) is 7.02. The predicted octanol–water partition coefficient (Wildman–Crippen LogP) is 2.89. The zero-order valence-corrected chi connectivity index (χ0v) is 12.9. The molecule has 2 rings (SSSR count). The summed E-state index contributed by atoms with van der Waals surface area (Å²) in [6.45, 7) is 2.95. The Labute approximate surface area is 121 Å². The van der Waals surface area contributed by atoms with E-state index in [1.807, 2.05) is 29.9 Å². The van der Waals surface area contributed by atoms with Crippen LogP contribution in [0.4, 0.5) is 0 Å². The first kappa shape index (κ1) is 14.1. The minimum atomic E-state index is 0.0445. The summed E-state index contributed by atoms with van der Waals surface area (Å²) < 4.78 is 8.34. The van der Waals surface area contributed by atoms with E-state index in [1.165, 1.54) is 5.56 Å². The lowest BCUT2D eigenvalue weighted by Gasteiger charge is -2.21. The minimum absolute atomic E-state index is 0.0445. The van der Waals surface area contributed by atoms with Crippen LogP contribution in [0.25, 0.3) is 0 Å². The second-order valence-electron chi connectivity index (χ2n) is 4.23. The molecule has 1 aromatic carbocycles. The highest BCUT2D eigenvalue weighted by Gasteiger charge is 2.23. The number of halogens is 1. The summed E-state index contributed by atoms with van der Waals surface area (Å²) in [4.78, 5) is 0. The molecule has 0 radical (unpaired) electrons. The summed E-state index contributed by atoms with van der Waals surface area (Å²) in [6.07, 6.45) is 1.75. The van der Waals surface area contributed by atoms with Gasteiger partial charge in [0.25, 0.3) is 0 Å². The molecule has 1 unspecified atom stereocenters. The van der Waals surface area contributed by atoms with E-state index >= 15 is 0 Å². The SMILES string of the molecule is CCNC(c1ccccc1Br)c1c(OC)cnn1C. The van der Waals surface area contributed by atoms with Gasteiger partial charge in [0.1, 0.15) is 5.69 Å². The molecule has 2 aromatic rings. The van der Waals surface area contributed by atoms with Crippen molar-refractivity contribution < 1.29 is 4.74 Å². The maximum Gasteiger partial charge on any atom is 0.161 e. The molecule has 1 N–H and O–H groups in total. The Bertz CT molecular complexity index is 553. The molecule has 0 aliphatic rings. The van der Waals surface area contributed by atoms with Crippen LogP contribution in [-0.4, -0.2) is 23.4 Å². The monoisotopic (exact) mass is 323 g/mol. The summed E-state index contributed by atoms with van der Waals surface area (Å²) in [5, 5.41) is 7.77. The van der Waals surface area contributed by atoms with Crippen LogP contribution in [0.15, 0.2) is 34.9 Å². The molecule has 1 atom stereocenters. The van der Waals surface area contributed by atoms with Crippen LogP contribution in [0.3, 0.4) is 0 Å². The topological polar surface area (TPSA) is 39.1 Å². The van der Waals surface area contributed by atoms with E-state index in [1.54, 1.807) is 13.3 Å². The van der Waals surface area contributed by atoms with Crippen molar-refractivity contribution in [3.05, 3.63) is 46.2 Å². The van der Waals surface area contributed by atoms with Crippen molar-refractivity contribution in [2.24, 2.45) is 7.05 Å². The molecule has 0 saturated carbocycles. The van der Waals surface area contributed by atoms with Crippen molar-refractivity contribution in [2.45, 2.75) is 13.0 Å². The Morgan fingerprint density at radius 1 is 1.42 bits per heavy atom. The third kappa shape index (κ3) is 2.82. The van der Waals surface area contributed by atoms with Crippen molar-refractivity contribution in [2.75, 3.05) is 13.7 Å². The summed E-state index contributed by atoms with van der Waals surface area (Å²) in [5.74, 6) is 0.796. The maximum atomic E-state index is 5.42. The van der Waals surface area contributed by atoms with Crippen molar-refractivity contribution in [3.8, 4) is 5.75 Å². The van der Waals surface area contributed by atoms with Gasteiger partial charge in [-0.15, -0.1) is 0 Å². The Kier molecular flexibility index (Phi) is 4.61. The first-order chi connectivity index (χ1) is 9.19. The van der Waals surface area contributed by atoms with Gasteiger partial charge in [-0.25, -0.2) is 0 Å². The first-order valence-electron chi connectivity index (χ1n) is 6.22. The Morgan fingerprint density at radius 3 is 2.79 bits per heavy atom. The zero-order valence-electron chi connectivity index (χ0n) is 11.4. The molecule has 0 aliphatic heterocycles. The highest BCUT2D eigenvalue weighted by atomic mass is 79.9. The van der Waals surface area contributed by atoms with E-state index in [4.69, 9.17) is 4.74 Å². The molecule has 0 fully saturated rings. The molecule has 0 bridgehead atoms. The molecular formula is C14H18BrN3O. The molecule has 4 nitrogen and oxygen atoms in total. The fourth-order valence-corrected chi connectivity index (χ4v) is 2.69. The van der Waals surface area contributed by atoms with E-state index in [-0.39, 0.29) is 6.04 Å². The standard InChI is InChI=1S/C14H18BrN3O/c1-4-16-13(10-7-5-6-8-11(10)15)14-12(19-3)9-17-18(14)2/h5-9,13,16H,4H2,1-3H3. The molecule has 0 amide bonds. The third-order valence-electron chi connectivity index (χ3n) is 3.07. The summed E-state index contributed by atoms with van der Waals surface area (Å²) in [7, 11) is 3.60. The number of aryl methyl sites for hydroxylation is 1. The number of hydrogen-bond donors (Lipinski definition) is 1. The van der Waals surface area contributed by atoms with Crippen LogP contribution in [0.2, 0.25) is 0 Å². The van der Waals surface area contributed by atoms with Crippen LogP contribution < -0.4 is 10.1 Å². The molecule has 1 aromatic heterocycles. The van der Waals surface area contributed by atoms with E-state index in [2.05, 4.69) is 39.3 Å². The van der Waals surface area contributed by atoms with Gasteiger partial charge < -0.3 is 10.1 Å². The largest absolute Gasteiger partial charge is 0.493 e. The number of methoxy groups -OCH3 is 1. The fourth-order valence-electron chi connectivity index (χ4n) is 2.18. The van der Waals surface area contributed by atoms with Crippen molar-refractivity contribution in [3.63, 3.8) is 0 Å². The number of nitrogens with one attached hydrogen (secondary N) is 1. The van der Waals surface area contributed by atoms with Crippen LogP contribution in [-0.2, 0) is 7.05 Å². The van der Waals surface area contributed by atoms with Crippen LogP contribution in [0.1, 0.15) is 24.2 Å². The smallest absolute Gasteiger partial charge is 0.161 e. The van der Waals surface area contributed by atoms with Gasteiger partial charge in [0, 0.05) is 11.5 Å². The lowest BCUT2D eigenvalue weighted by Crippen LogP contribution is -2.25. The number of nitrogens with zero attached hydrogens (tertiary/aromatic N) is 2. The molecule has 0 aliphatic carbocycles. The van der Waals surface area contributed by atoms with Gasteiger partial charge in [-0.3, -0.25) is 4.68 Å². The fraction of sp³-hybridized carbons (Fsp3) is 0.357. The van der Waals surface area contributed by atoms with Crippen molar-refractivity contribution in [1.29, 1.82) is 0 Å². The van der Waals surface area contributed by atoms with E-state index in [9.17, 15) is 0 Å². The van der Waals surface area contributed by atoms with Gasteiger partial charge in [0.2, 0.25) is 0 Å². The van der Waals surface area contributed by atoms with E-state index in [0.717, 1.165) is 22.5 Å². The average molecular weight is 324 g/mol. The highest BCUT2D eigenvalue weighted by Crippen LogP contribution is 2.33. The quantitative estimate of drug-likeness (QED) is 0.919. The van der Waals surface area contributed by atoms with E-state index in [0.29, 0.717) is 0 Å². The van der Waals surface area contributed by atoms with Crippen LogP contribution >= 0.6 is 15.9 Å². The van der Waals surface area contributed by atoms with Gasteiger partial charge in [0.05, 0.1) is 19.3 Å². The summed E-state index contributed by atoms with van der Waals surface area (Å²) in [5.41, 5.74) is 2.20. The average Bonchev–Trinajstić information content (AvgIpc) is 2.78. The minimum Gasteiger partial charge on any atom is -0.493 e. The third-order valence-corrected chi connectivity index (χ3v) is 3.79. The molecule has 102 valence electrons. The maximum absolute atomic E-state index is 5.42. The van der Waals surface area contributed by atoms with Gasteiger partial charge in [-0.05, 0) is 18.2 Å². The van der Waals surface area contributed by atoms with E-state index < -0.39 is 0 Å². The predicted molar refractivity (Wildman–Crippen MR) is 79.4 cm³/mol. The van der Waals surface area contributed by atoms with Gasteiger partial charge >= 0.3 is 0 Å². The second-order valence-corrected chi connectivity index (χ2v) is 5.09. The van der Waals surface area contributed by atoms with Crippen LogP contribution in [0.5, 0.6) is 5.75 Å². The van der Waals surface area contributed by atoms with Gasteiger partial charge in [-0.1, -0.05) is 41.1 Å². The Hall–Kier alpha value is -1.33. The van der Waals surface area contributed by atoms with Crippen molar-refractivity contribution in [1.82, 2.24) is 15.1 Å². The van der Waals surface area contributed by atoms with Gasteiger partial charge in [-0.2, -0.15) is 5.10 Å². The lowest BCUT2D eigenvalue weighted by atomic mass is 10.0. The normalized spacial score (nSPS) is 12.4. The molecular weight excluding hydrogens is 306 g/mol. The number of hydrogen-bond acceptors (Lipinski definition) is 3. The summed E-state index contributed by atoms with van der Waals surface area (Å²) >= 11 is 3.61. The number of benzene rings is 1. The Morgan fingerprint density at radius 2 is 2.16 bits per heavy atom. The summed E-state index contributed by atoms with van der Waals surface area (Å²) in [6, 6.07) is 8.24. The zero-order chi connectivity index (χ0) is 13.8. The molecule has 0 saturated heterocycles. The molecule has 0 spiro atoms. The number of aromatic nitrogens is 2. The molecule has 1 heterocycles. The number of ether oxygens (including phenoxy) is 1. The van der Waals surface area contributed by atoms with Crippen LogP contribution in [0, 0.1) is 0 Å². The molecule has 5 heteroatoms. The van der Waals surface area contributed by atoms with Crippen molar-refractivity contribution >= 4 is 15.9 Å². The second kappa shape index (κ2) is 6.21. The molecule has 19 heavy (non-hydrogen) atoms. The Balaban J connectivity index is 2.51. The number of rotatable bonds is 5. The highest BCUT2D eigenvalue weighted by molar-refractivity contribution is 9.10. The lowest BCUT2D eigenvalue weighted by molar-refractivity contribution is 0.401.